The van der Waals surface area contributed by atoms with Gasteiger partial charge in [0.1, 0.15) is 0 Å². The molecular weight excluding hydrogens is 262 g/mol. The third kappa shape index (κ3) is 2.81. The summed E-state index contributed by atoms with van der Waals surface area (Å²) in [6, 6.07) is -0.0257. The summed E-state index contributed by atoms with van der Waals surface area (Å²) < 4.78 is 7.85. The lowest BCUT2D eigenvalue weighted by Gasteiger charge is -2.35. The van der Waals surface area contributed by atoms with Crippen LogP contribution in [0.1, 0.15) is 44.0 Å². The van der Waals surface area contributed by atoms with Gasteiger partial charge in [-0.25, -0.2) is 0 Å². The summed E-state index contributed by atoms with van der Waals surface area (Å²) in [5.41, 5.74) is 8.16. The summed E-state index contributed by atoms with van der Waals surface area (Å²) >= 11 is 6.31. The van der Waals surface area contributed by atoms with E-state index in [4.69, 9.17) is 22.1 Å². The Kier molecular flexibility index (Phi) is 4.54. The fraction of sp³-hybridized carbons (Fsp3) is 0.786. The van der Waals surface area contributed by atoms with Crippen LogP contribution < -0.4 is 5.73 Å². The van der Waals surface area contributed by atoms with E-state index < -0.39 is 0 Å². The van der Waals surface area contributed by atoms with Crippen molar-refractivity contribution < 1.29 is 4.74 Å². The zero-order chi connectivity index (χ0) is 14.0. The van der Waals surface area contributed by atoms with E-state index in [2.05, 4.69) is 5.10 Å². The Labute approximate surface area is 120 Å². The minimum absolute atomic E-state index is 0.0257. The highest BCUT2D eigenvalue weighted by Crippen LogP contribution is 2.37. The van der Waals surface area contributed by atoms with Crippen LogP contribution in [-0.4, -0.2) is 28.0 Å². The number of aryl methyl sites for hydroxylation is 2. The monoisotopic (exact) mass is 285 g/mol. The van der Waals surface area contributed by atoms with E-state index in [-0.39, 0.29) is 11.6 Å². The van der Waals surface area contributed by atoms with Gasteiger partial charge in [-0.15, -0.1) is 0 Å². The van der Waals surface area contributed by atoms with Crippen LogP contribution in [0.2, 0.25) is 5.02 Å². The molecule has 1 aliphatic carbocycles. The number of ether oxygens (including phenoxy) is 1. The van der Waals surface area contributed by atoms with E-state index in [0.717, 1.165) is 35.7 Å². The summed E-state index contributed by atoms with van der Waals surface area (Å²) in [6.07, 6.45) is 5.22. The second-order valence-electron chi connectivity index (χ2n) is 5.49. The molecule has 1 atom stereocenters. The Balaban J connectivity index is 2.17. The van der Waals surface area contributed by atoms with Crippen molar-refractivity contribution in [1.82, 2.24) is 9.78 Å². The maximum absolute atomic E-state index is 6.45. The molecule has 0 bridgehead atoms. The summed E-state index contributed by atoms with van der Waals surface area (Å²) in [7, 11) is 1.92. The van der Waals surface area contributed by atoms with Crippen LogP contribution in [-0.2, 0) is 18.2 Å². The van der Waals surface area contributed by atoms with Crippen LogP contribution in [0.4, 0.5) is 0 Å². The molecule has 19 heavy (non-hydrogen) atoms. The highest BCUT2D eigenvalue weighted by atomic mass is 35.5. The molecule has 4 nitrogen and oxygen atoms in total. The van der Waals surface area contributed by atoms with E-state index >= 15 is 0 Å². The summed E-state index contributed by atoms with van der Waals surface area (Å²) in [5.74, 6) is 0. The molecule has 0 aliphatic heterocycles. The summed E-state index contributed by atoms with van der Waals surface area (Å²) in [4.78, 5) is 0. The average Bonchev–Trinajstić information content (AvgIpc) is 2.92. The minimum Gasteiger partial charge on any atom is -0.374 e. The molecule has 1 saturated carbocycles. The lowest BCUT2D eigenvalue weighted by Crippen LogP contribution is -2.49. The fourth-order valence-electron chi connectivity index (χ4n) is 3.18. The molecule has 0 saturated heterocycles. The predicted molar refractivity (Wildman–Crippen MR) is 77.5 cm³/mol. The van der Waals surface area contributed by atoms with E-state index in [9.17, 15) is 0 Å². The van der Waals surface area contributed by atoms with E-state index in [1.807, 2.05) is 25.6 Å². The van der Waals surface area contributed by atoms with Crippen LogP contribution in [0.3, 0.4) is 0 Å². The van der Waals surface area contributed by atoms with Crippen molar-refractivity contribution in [3.8, 4) is 0 Å². The molecule has 2 N–H and O–H groups in total. The van der Waals surface area contributed by atoms with Gasteiger partial charge in [-0.2, -0.15) is 5.10 Å². The maximum Gasteiger partial charge on any atom is 0.0847 e. The first-order valence-corrected chi connectivity index (χ1v) is 7.45. The molecule has 2 rings (SSSR count). The Morgan fingerprint density at radius 1 is 1.47 bits per heavy atom. The van der Waals surface area contributed by atoms with Crippen molar-refractivity contribution in [3.05, 3.63) is 16.4 Å². The second-order valence-corrected chi connectivity index (χ2v) is 5.86. The standard InChI is InChI=1S/C14H24ClN3O/c1-4-19-14(7-5-6-8-14)12(16)9-11-13(15)10(2)17-18(11)3/h12H,4-9,16H2,1-3H3. The first-order valence-electron chi connectivity index (χ1n) is 7.07. The largest absolute Gasteiger partial charge is 0.374 e. The van der Waals surface area contributed by atoms with Crippen LogP contribution in [0.15, 0.2) is 0 Å². The molecule has 5 heteroatoms. The molecule has 1 heterocycles. The van der Waals surface area contributed by atoms with Gasteiger partial charge in [-0.05, 0) is 26.7 Å². The van der Waals surface area contributed by atoms with Crippen LogP contribution in [0.5, 0.6) is 0 Å². The van der Waals surface area contributed by atoms with Crippen molar-refractivity contribution in [1.29, 1.82) is 0 Å². The van der Waals surface area contributed by atoms with Gasteiger partial charge < -0.3 is 10.5 Å². The topological polar surface area (TPSA) is 53.1 Å². The van der Waals surface area contributed by atoms with E-state index in [1.165, 1.54) is 12.8 Å². The minimum atomic E-state index is -0.170. The number of hydrogen-bond acceptors (Lipinski definition) is 3. The quantitative estimate of drug-likeness (QED) is 0.905. The number of aromatic nitrogens is 2. The number of hydrogen-bond donors (Lipinski definition) is 1. The zero-order valence-corrected chi connectivity index (χ0v) is 12.8. The SMILES string of the molecule is CCOC1(C(N)Cc2c(Cl)c(C)nn2C)CCCC1. The molecule has 1 aliphatic rings. The molecule has 1 fully saturated rings. The third-order valence-electron chi connectivity index (χ3n) is 4.23. The van der Waals surface area contributed by atoms with Crippen molar-refractivity contribution in [2.24, 2.45) is 12.8 Å². The lowest BCUT2D eigenvalue weighted by molar-refractivity contribution is -0.0527. The molecule has 0 amide bonds. The predicted octanol–water partition coefficient (Wildman–Crippen LogP) is 2.60. The van der Waals surface area contributed by atoms with Gasteiger partial charge in [-0.1, -0.05) is 24.4 Å². The van der Waals surface area contributed by atoms with Gasteiger partial charge in [0, 0.05) is 26.1 Å². The summed E-state index contributed by atoms with van der Waals surface area (Å²) in [6.45, 7) is 4.67. The van der Waals surface area contributed by atoms with Gasteiger partial charge >= 0.3 is 0 Å². The molecular formula is C14H24ClN3O. The van der Waals surface area contributed by atoms with Gasteiger partial charge in [0.15, 0.2) is 0 Å². The van der Waals surface area contributed by atoms with Crippen molar-refractivity contribution in [2.45, 2.75) is 57.6 Å². The highest BCUT2D eigenvalue weighted by molar-refractivity contribution is 6.31. The fourth-order valence-corrected chi connectivity index (χ4v) is 3.42. The molecule has 0 aromatic carbocycles. The normalized spacial score (nSPS) is 19.8. The molecule has 108 valence electrons. The van der Waals surface area contributed by atoms with Gasteiger partial charge in [0.05, 0.1) is 22.0 Å². The average molecular weight is 286 g/mol. The van der Waals surface area contributed by atoms with Crippen LogP contribution in [0.25, 0.3) is 0 Å². The van der Waals surface area contributed by atoms with Crippen molar-refractivity contribution in [2.75, 3.05) is 6.61 Å². The van der Waals surface area contributed by atoms with Crippen molar-refractivity contribution >= 4 is 11.6 Å². The smallest absolute Gasteiger partial charge is 0.0847 e. The number of nitrogens with two attached hydrogens (primary N) is 1. The number of halogens is 1. The van der Waals surface area contributed by atoms with Gasteiger partial charge in [0.2, 0.25) is 0 Å². The van der Waals surface area contributed by atoms with E-state index in [1.54, 1.807) is 0 Å². The van der Waals surface area contributed by atoms with Crippen molar-refractivity contribution in [3.63, 3.8) is 0 Å². The second kappa shape index (κ2) is 5.81. The number of rotatable bonds is 5. The Bertz CT molecular complexity index is 438. The molecule has 1 aromatic rings. The molecule has 0 spiro atoms. The maximum atomic E-state index is 6.45. The highest BCUT2D eigenvalue weighted by Gasteiger charge is 2.40. The molecule has 0 radical (unpaired) electrons. The summed E-state index contributed by atoms with van der Waals surface area (Å²) in [5, 5.41) is 5.09. The first kappa shape index (κ1) is 14.8. The van der Waals surface area contributed by atoms with Gasteiger partial charge in [-0.3, -0.25) is 4.68 Å². The molecule has 1 unspecified atom stereocenters. The first-order chi connectivity index (χ1) is 9.00. The van der Waals surface area contributed by atoms with E-state index in [0.29, 0.717) is 6.61 Å². The Morgan fingerprint density at radius 2 is 2.11 bits per heavy atom. The van der Waals surface area contributed by atoms with Crippen LogP contribution >= 0.6 is 11.6 Å². The Morgan fingerprint density at radius 3 is 2.58 bits per heavy atom. The van der Waals surface area contributed by atoms with Crippen LogP contribution in [0, 0.1) is 6.92 Å². The number of nitrogens with zero attached hydrogens (tertiary/aromatic N) is 2. The Hall–Kier alpha value is -0.580. The molecule has 1 aromatic heterocycles. The van der Waals surface area contributed by atoms with Gasteiger partial charge in [0.25, 0.3) is 0 Å². The lowest BCUT2D eigenvalue weighted by atomic mass is 9.89. The third-order valence-corrected chi connectivity index (χ3v) is 4.72. The zero-order valence-electron chi connectivity index (χ0n) is 12.1.